The summed E-state index contributed by atoms with van der Waals surface area (Å²) in [6, 6.07) is 0. The van der Waals surface area contributed by atoms with Crippen molar-refractivity contribution < 1.29 is 13.2 Å². The lowest BCUT2D eigenvalue weighted by molar-refractivity contribution is -0.119. The first-order valence-electron chi connectivity index (χ1n) is 8.32. The van der Waals surface area contributed by atoms with E-state index in [1.807, 2.05) is 0 Å². The summed E-state index contributed by atoms with van der Waals surface area (Å²) in [5.74, 6) is 0.177. The summed E-state index contributed by atoms with van der Waals surface area (Å²) in [7, 11) is -3.13. The van der Waals surface area contributed by atoms with Crippen molar-refractivity contribution in [2.24, 2.45) is 0 Å². The van der Waals surface area contributed by atoms with Gasteiger partial charge in [-0.05, 0) is 19.3 Å². The fourth-order valence-electron chi connectivity index (χ4n) is 2.91. The highest BCUT2D eigenvalue weighted by Gasteiger charge is 2.33. The van der Waals surface area contributed by atoms with Gasteiger partial charge in [-0.2, -0.15) is 0 Å². The van der Waals surface area contributed by atoms with E-state index < -0.39 is 15.1 Å². The molecule has 1 atom stereocenters. The van der Waals surface area contributed by atoms with Crippen LogP contribution in [0.4, 0.5) is 0 Å². The summed E-state index contributed by atoms with van der Waals surface area (Å²) in [5, 5.41) is -0.680. The standard InChI is InChI=1S/C16H30O3S/c1-2-3-4-5-6-7-8-9-12-15(17)16-13-10-11-14-20(16,18)19/h16H,2-14H2,1H3. The van der Waals surface area contributed by atoms with Crippen molar-refractivity contribution >= 4 is 15.6 Å². The summed E-state index contributed by atoms with van der Waals surface area (Å²) < 4.78 is 23.7. The molecule has 4 heteroatoms. The van der Waals surface area contributed by atoms with Gasteiger partial charge in [-0.25, -0.2) is 8.42 Å². The second-order valence-corrected chi connectivity index (χ2v) is 8.35. The number of unbranched alkanes of at least 4 members (excludes halogenated alkanes) is 7. The van der Waals surface area contributed by atoms with Gasteiger partial charge >= 0.3 is 0 Å². The second kappa shape index (κ2) is 9.54. The van der Waals surface area contributed by atoms with Gasteiger partial charge in [-0.1, -0.05) is 58.3 Å². The van der Waals surface area contributed by atoms with Gasteiger partial charge in [0.25, 0.3) is 0 Å². The molecule has 1 heterocycles. The van der Waals surface area contributed by atoms with Crippen molar-refractivity contribution in [1.29, 1.82) is 0 Å². The van der Waals surface area contributed by atoms with Crippen molar-refractivity contribution in [3.63, 3.8) is 0 Å². The first kappa shape index (κ1) is 17.7. The molecular weight excluding hydrogens is 272 g/mol. The summed E-state index contributed by atoms with van der Waals surface area (Å²) in [6.07, 6.45) is 12.2. The molecular formula is C16H30O3S. The molecule has 118 valence electrons. The van der Waals surface area contributed by atoms with Crippen LogP contribution in [0.5, 0.6) is 0 Å². The van der Waals surface area contributed by atoms with Crippen molar-refractivity contribution in [2.75, 3.05) is 5.75 Å². The van der Waals surface area contributed by atoms with Crippen LogP contribution in [0.15, 0.2) is 0 Å². The van der Waals surface area contributed by atoms with E-state index >= 15 is 0 Å². The van der Waals surface area contributed by atoms with E-state index in [4.69, 9.17) is 0 Å². The van der Waals surface area contributed by atoms with Crippen molar-refractivity contribution in [3.05, 3.63) is 0 Å². The molecule has 0 bridgehead atoms. The zero-order valence-electron chi connectivity index (χ0n) is 12.9. The Morgan fingerprint density at radius 1 is 0.950 bits per heavy atom. The lowest BCUT2D eigenvalue weighted by atomic mass is 10.0. The Morgan fingerprint density at radius 3 is 2.15 bits per heavy atom. The molecule has 0 aromatic carbocycles. The minimum atomic E-state index is -3.13. The number of ketones is 1. The number of hydrogen-bond donors (Lipinski definition) is 0. The van der Waals surface area contributed by atoms with Gasteiger partial charge in [0.1, 0.15) is 5.25 Å². The Bertz CT molecular complexity index is 373. The van der Waals surface area contributed by atoms with E-state index in [2.05, 4.69) is 6.92 Å². The van der Waals surface area contributed by atoms with Crippen molar-refractivity contribution in [1.82, 2.24) is 0 Å². The van der Waals surface area contributed by atoms with Crippen LogP contribution in [0.2, 0.25) is 0 Å². The van der Waals surface area contributed by atoms with E-state index in [1.165, 1.54) is 38.5 Å². The molecule has 1 aliphatic heterocycles. The number of rotatable bonds is 10. The van der Waals surface area contributed by atoms with Crippen LogP contribution in [0.25, 0.3) is 0 Å². The molecule has 1 unspecified atom stereocenters. The van der Waals surface area contributed by atoms with E-state index in [0.717, 1.165) is 25.7 Å². The quantitative estimate of drug-likeness (QED) is 0.572. The minimum Gasteiger partial charge on any atom is -0.298 e. The van der Waals surface area contributed by atoms with Gasteiger partial charge in [-0.15, -0.1) is 0 Å². The van der Waals surface area contributed by atoms with E-state index in [9.17, 15) is 13.2 Å². The Hall–Kier alpha value is -0.380. The number of Topliss-reactive ketones (excluding diaryl/α,β-unsaturated/α-hetero) is 1. The number of hydrogen-bond acceptors (Lipinski definition) is 3. The molecule has 0 saturated carbocycles. The maximum atomic E-state index is 12.0. The molecule has 1 aliphatic rings. The first-order valence-corrected chi connectivity index (χ1v) is 10.0. The molecule has 0 aromatic heterocycles. The summed E-state index contributed by atoms with van der Waals surface area (Å²) in [6.45, 7) is 2.21. The highest BCUT2D eigenvalue weighted by atomic mass is 32.2. The smallest absolute Gasteiger partial charge is 0.160 e. The van der Waals surface area contributed by atoms with Crippen LogP contribution in [0.3, 0.4) is 0 Å². The van der Waals surface area contributed by atoms with E-state index in [-0.39, 0.29) is 11.5 Å². The molecule has 0 amide bonds. The highest BCUT2D eigenvalue weighted by molar-refractivity contribution is 7.92. The van der Waals surface area contributed by atoms with E-state index in [1.54, 1.807) is 0 Å². The molecule has 0 aliphatic carbocycles. The van der Waals surface area contributed by atoms with Crippen LogP contribution >= 0.6 is 0 Å². The molecule has 20 heavy (non-hydrogen) atoms. The van der Waals surface area contributed by atoms with Gasteiger partial charge in [0.2, 0.25) is 0 Å². The molecule has 1 rings (SSSR count). The summed E-state index contributed by atoms with van der Waals surface area (Å²) in [5.41, 5.74) is 0. The second-order valence-electron chi connectivity index (χ2n) is 6.04. The predicted molar refractivity (Wildman–Crippen MR) is 83.7 cm³/mol. The average Bonchev–Trinajstić information content (AvgIpc) is 2.41. The zero-order chi connectivity index (χ0) is 14.8. The van der Waals surface area contributed by atoms with Crippen LogP contribution in [-0.4, -0.2) is 25.2 Å². The normalized spacial score (nSPS) is 21.8. The lowest BCUT2D eigenvalue weighted by Gasteiger charge is -2.20. The van der Waals surface area contributed by atoms with Crippen LogP contribution < -0.4 is 0 Å². The third-order valence-corrected chi connectivity index (χ3v) is 6.44. The van der Waals surface area contributed by atoms with Crippen LogP contribution in [-0.2, 0) is 14.6 Å². The maximum Gasteiger partial charge on any atom is 0.160 e. The Morgan fingerprint density at radius 2 is 1.55 bits per heavy atom. The van der Waals surface area contributed by atoms with Crippen LogP contribution in [0, 0.1) is 0 Å². The fraction of sp³-hybridized carbons (Fsp3) is 0.938. The first-order chi connectivity index (χ1) is 9.58. The Balaban J connectivity index is 2.11. The number of carbonyl (C=O) groups excluding carboxylic acids is 1. The molecule has 1 saturated heterocycles. The molecule has 0 spiro atoms. The zero-order valence-corrected chi connectivity index (χ0v) is 13.7. The van der Waals surface area contributed by atoms with Gasteiger partial charge in [0.15, 0.2) is 15.6 Å². The molecule has 0 N–H and O–H groups in total. The van der Waals surface area contributed by atoms with Crippen LogP contribution in [0.1, 0.15) is 84.0 Å². The number of carbonyl (C=O) groups is 1. The molecule has 0 radical (unpaired) electrons. The SMILES string of the molecule is CCCCCCCCCCC(=O)C1CCCCS1(=O)=O. The predicted octanol–water partition coefficient (Wildman–Crippen LogP) is 4.05. The van der Waals surface area contributed by atoms with Gasteiger partial charge in [0.05, 0.1) is 5.75 Å². The minimum absolute atomic E-state index is 0.0318. The largest absolute Gasteiger partial charge is 0.298 e. The Labute approximate surface area is 124 Å². The Kier molecular flexibility index (Phi) is 8.43. The molecule has 0 aromatic rings. The van der Waals surface area contributed by atoms with Gasteiger partial charge < -0.3 is 0 Å². The number of sulfone groups is 1. The van der Waals surface area contributed by atoms with Gasteiger partial charge in [-0.3, -0.25) is 4.79 Å². The van der Waals surface area contributed by atoms with Crippen molar-refractivity contribution in [3.8, 4) is 0 Å². The lowest BCUT2D eigenvalue weighted by Crippen LogP contribution is -2.35. The monoisotopic (exact) mass is 302 g/mol. The molecule has 1 fully saturated rings. The van der Waals surface area contributed by atoms with E-state index in [0.29, 0.717) is 12.8 Å². The summed E-state index contributed by atoms with van der Waals surface area (Å²) >= 11 is 0. The van der Waals surface area contributed by atoms with Gasteiger partial charge in [0, 0.05) is 6.42 Å². The molecule has 3 nitrogen and oxygen atoms in total. The fourth-order valence-corrected chi connectivity index (χ4v) is 4.85. The van der Waals surface area contributed by atoms with Crippen molar-refractivity contribution in [2.45, 2.75) is 89.2 Å². The third kappa shape index (κ3) is 6.38. The summed E-state index contributed by atoms with van der Waals surface area (Å²) in [4.78, 5) is 12.0. The highest BCUT2D eigenvalue weighted by Crippen LogP contribution is 2.22. The third-order valence-electron chi connectivity index (χ3n) is 4.21. The maximum absolute atomic E-state index is 12.0. The topological polar surface area (TPSA) is 51.2 Å². The average molecular weight is 302 g/mol.